The summed E-state index contributed by atoms with van der Waals surface area (Å²) in [4.78, 5) is 22.5. The van der Waals surface area contributed by atoms with Crippen molar-refractivity contribution in [2.24, 2.45) is 5.92 Å². The highest BCUT2D eigenvalue weighted by molar-refractivity contribution is 5.92. The Labute approximate surface area is 248 Å². The van der Waals surface area contributed by atoms with Crippen LogP contribution in [0.15, 0.2) is 54.9 Å². The lowest BCUT2D eigenvalue weighted by molar-refractivity contribution is 0.0669. The van der Waals surface area contributed by atoms with Gasteiger partial charge < -0.3 is 25.6 Å². The summed E-state index contributed by atoms with van der Waals surface area (Å²) in [5, 5.41) is 7.26. The number of hydrogen-bond acceptors (Lipinski definition) is 7. The minimum Gasteiger partial charge on any atom is -0.493 e. The number of carbonyl (C=O) groups excluding carboxylic acids is 1. The molecule has 0 spiro atoms. The highest BCUT2D eigenvalue weighted by atomic mass is 16.5. The molecule has 10 heteroatoms. The first-order valence-corrected chi connectivity index (χ1v) is 14.8. The Hall–Kier alpha value is -3.89. The maximum Gasteiger partial charge on any atom is 0.348 e. The summed E-state index contributed by atoms with van der Waals surface area (Å²) in [6.45, 7) is 15.8. The van der Waals surface area contributed by atoms with Crippen LogP contribution in [0.5, 0.6) is 5.75 Å². The fourth-order valence-corrected chi connectivity index (χ4v) is 5.46. The maximum atomic E-state index is 12.8. The SMILES string of the molecule is CC(C)C1CN(CCCOc2ccc3c(c2)ncn3-c2ccc(NC(=O)n3nc(C(C)(C)C)cc3N)cc2)CCN1C. The molecule has 0 saturated carbocycles. The molecule has 0 bridgehead atoms. The van der Waals surface area contributed by atoms with Crippen molar-refractivity contribution in [3.05, 3.63) is 60.6 Å². The van der Waals surface area contributed by atoms with E-state index in [-0.39, 0.29) is 5.41 Å². The third kappa shape index (κ3) is 6.60. The summed E-state index contributed by atoms with van der Waals surface area (Å²) in [6, 6.07) is 15.6. The van der Waals surface area contributed by atoms with E-state index in [0.717, 1.165) is 60.8 Å². The van der Waals surface area contributed by atoms with Gasteiger partial charge in [0.2, 0.25) is 0 Å². The van der Waals surface area contributed by atoms with Gasteiger partial charge in [-0.2, -0.15) is 9.78 Å². The number of likely N-dealkylation sites (N-methyl/N-ethyl adjacent to an activating group) is 1. The van der Waals surface area contributed by atoms with E-state index in [1.165, 1.54) is 4.68 Å². The van der Waals surface area contributed by atoms with E-state index in [9.17, 15) is 4.79 Å². The zero-order valence-corrected chi connectivity index (χ0v) is 25.7. The minimum absolute atomic E-state index is 0.204. The Balaban J connectivity index is 1.16. The predicted octanol–water partition coefficient (Wildman–Crippen LogP) is 5.22. The topological polar surface area (TPSA) is 106 Å². The molecule has 10 nitrogen and oxygen atoms in total. The molecule has 1 amide bonds. The molecular formula is C32H44N8O2. The molecular weight excluding hydrogens is 528 g/mol. The fourth-order valence-electron chi connectivity index (χ4n) is 5.46. The molecule has 42 heavy (non-hydrogen) atoms. The van der Waals surface area contributed by atoms with Crippen molar-refractivity contribution in [2.75, 3.05) is 50.9 Å². The van der Waals surface area contributed by atoms with Crippen LogP contribution in [0.25, 0.3) is 16.7 Å². The van der Waals surface area contributed by atoms with Crippen molar-refractivity contribution in [3.8, 4) is 11.4 Å². The van der Waals surface area contributed by atoms with Crippen molar-refractivity contribution in [1.82, 2.24) is 29.1 Å². The van der Waals surface area contributed by atoms with Gasteiger partial charge in [-0.1, -0.05) is 34.6 Å². The van der Waals surface area contributed by atoms with Gasteiger partial charge in [-0.15, -0.1) is 0 Å². The van der Waals surface area contributed by atoms with Crippen LogP contribution in [0.2, 0.25) is 0 Å². The summed E-state index contributed by atoms with van der Waals surface area (Å²) in [5.74, 6) is 1.79. The molecule has 224 valence electrons. The molecule has 1 aliphatic heterocycles. The average Bonchev–Trinajstić information content (AvgIpc) is 3.56. The third-order valence-corrected chi connectivity index (χ3v) is 8.05. The molecule has 3 N–H and O–H groups in total. The largest absolute Gasteiger partial charge is 0.493 e. The van der Waals surface area contributed by atoms with E-state index in [4.69, 9.17) is 10.5 Å². The number of rotatable bonds is 8. The lowest BCUT2D eigenvalue weighted by atomic mass is 9.92. The van der Waals surface area contributed by atoms with Crippen LogP contribution < -0.4 is 15.8 Å². The first kappa shape index (κ1) is 29.6. The number of carbonyl (C=O) groups is 1. The second kappa shape index (κ2) is 12.1. The van der Waals surface area contributed by atoms with Crippen LogP contribution >= 0.6 is 0 Å². The smallest absolute Gasteiger partial charge is 0.348 e. The second-order valence-electron chi connectivity index (χ2n) is 12.7. The van der Waals surface area contributed by atoms with Crippen molar-refractivity contribution in [1.29, 1.82) is 0 Å². The third-order valence-electron chi connectivity index (χ3n) is 8.05. The minimum atomic E-state index is -0.403. The number of aromatic nitrogens is 4. The summed E-state index contributed by atoms with van der Waals surface area (Å²) in [6.07, 6.45) is 2.80. The van der Waals surface area contributed by atoms with Gasteiger partial charge >= 0.3 is 6.03 Å². The average molecular weight is 573 g/mol. The zero-order chi connectivity index (χ0) is 30.0. The van der Waals surface area contributed by atoms with Crippen molar-refractivity contribution in [3.63, 3.8) is 0 Å². The maximum absolute atomic E-state index is 12.8. The standard InChI is InChI=1S/C32H44N8O2/c1-22(2)28-20-38(16-15-37(28)6)14-7-17-42-25-12-13-27-26(18-25)34-21-39(27)24-10-8-23(9-11-24)35-31(41)40-30(33)19-29(36-40)32(3,4)5/h8-13,18-19,21-22,28H,7,14-17,20,33H2,1-6H3,(H,35,41). The van der Waals surface area contributed by atoms with Crippen LogP contribution in [0.1, 0.15) is 46.7 Å². The molecule has 5 rings (SSSR count). The van der Waals surface area contributed by atoms with Crippen LogP contribution in [-0.2, 0) is 5.41 Å². The monoisotopic (exact) mass is 572 g/mol. The van der Waals surface area contributed by atoms with Crippen LogP contribution in [0.3, 0.4) is 0 Å². The summed E-state index contributed by atoms with van der Waals surface area (Å²) >= 11 is 0. The Bertz CT molecular complexity index is 1520. The molecule has 2 aromatic heterocycles. The second-order valence-corrected chi connectivity index (χ2v) is 12.7. The normalized spacial score (nSPS) is 16.8. The number of nitrogens with two attached hydrogens (primary N) is 1. The van der Waals surface area contributed by atoms with Crippen LogP contribution in [-0.4, -0.2) is 81.0 Å². The molecule has 4 aromatic rings. The van der Waals surface area contributed by atoms with Gasteiger partial charge in [0, 0.05) is 61.1 Å². The first-order chi connectivity index (χ1) is 20.0. The van der Waals surface area contributed by atoms with Gasteiger partial charge in [0.1, 0.15) is 17.9 Å². The highest BCUT2D eigenvalue weighted by Gasteiger charge is 2.26. The lowest BCUT2D eigenvalue weighted by Crippen LogP contribution is -2.53. The number of ether oxygens (including phenoxy) is 1. The molecule has 1 unspecified atom stereocenters. The van der Waals surface area contributed by atoms with E-state index in [1.807, 2.05) is 67.8 Å². The number of nitrogens with zero attached hydrogens (tertiary/aromatic N) is 6. The van der Waals surface area contributed by atoms with Crippen molar-refractivity contribution in [2.45, 2.75) is 52.5 Å². The van der Waals surface area contributed by atoms with Gasteiger partial charge in [0.25, 0.3) is 0 Å². The van der Waals surface area contributed by atoms with Gasteiger partial charge in [0.15, 0.2) is 0 Å². The Kier molecular flexibility index (Phi) is 8.56. The molecule has 1 atom stereocenters. The van der Waals surface area contributed by atoms with E-state index in [1.54, 1.807) is 12.4 Å². The zero-order valence-electron chi connectivity index (χ0n) is 25.7. The number of hydrogen-bond donors (Lipinski definition) is 2. The molecule has 1 aliphatic rings. The van der Waals surface area contributed by atoms with Gasteiger partial charge in [0.05, 0.1) is 23.3 Å². The van der Waals surface area contributed by atoms with Crippen molar-refractivity contribution >= 4 is 28.6 Å². The first-order valence-electron chi connectivity index (χ1n) is 14.8. The molecule has 2 aromatic carbocycles. The van der Waals surface area contributed by atoms with E-state index in [0.29, 0.717) is 30.1 Å². The van der Waals surface area contributed by atoms with E-state index in [2.05, 4.69) is 46.1 Å². The Morgan fingerprint density at radius 3 is 2.57 bits per heavy atom. The molecule has 0 radical (unpaired) electrons. The van der Waals surface area contributed by atoms with Gasteiger partial charge in [-0.25, -0.2) is 9.78 Å². The van der Waals surface area contributed by atoms with Crippen LogP contribution in [0, 0.1) is 5.92 Å². The number of fused-ring (bicyclic) bond motifs is 1. The van der Waals surface area contributed by atoms with Gasteiger partial charge in [-0.3, -0.25) is 4.57 Å². The number of nitrogen functional groups attached to an aromatic ring is 1. The Morgan fingerprint density at radius 2 is 1.88 bits per heavy atom. The highest BCUT2D eigenvalue weighted by Crippen LogP contribution is 2.25. The number of imidazole rings is 1. The summed E-state index contributed by atoms with van der Waals surface area (Å²) < 4.78 is 9.31. The summed E-state index contributed by atoms with van der Waals surface area (Å²) in [7, 11) is 2.24. The Morgan fingerprint density at radius 1 is 1.12 bits per heavy atom. The van der Waals surface area contributed by atoms with E-state index < -0.39 is 6.03 Å². The molecule has 1 saturated heterocycles. The summed E-state index contributed by atoms with van der Waals surface area (Å²) in [5.41, 5.74) is 10.0. The van der Waals surface area contributed by atoms with Crippen molar-refractivity contribution < 1.29 is 9.53 Å². The predicted molar refractivity (Wildman–Crippen MR) is 169 cm³/mol. The number of anilines is 2. The van der Waals surface area contributed by atoms with E-state index >= 15 is 0 Å². The quantitative estimate of drug-likeness (QED) is 0.279. The van der Waals surface area contributed by atoms with Gasteiger partial charge in [-0.05, 0) is 55.8 Å². The molecule has 0 aliphatic carbocycles. The lowest BCUT2D eigenvalue weighted by Gasteiger charge is -2.41. The number of piperazine rings is 1. The van der Waals surface area contributed by atoms with Crippen LogP contribution in [0.4, 0.5) is 16.3 Å². The number of nitrogens with one attached hydrogen (secondary N) is 1. The fraction of sp³-hybridized carbons (Fsp3) is 0.469. The number of benzene rings is 2. The molecule has 3 heterocycles. The molecule has 1 fully saturated rings. The number of amides is 1.